The van der Waals surface area contributed by atoms with Gasteiger partial charge in [-0.1, -0.05) is 23.4 Å². The molecule has 0 bridgehead atoms. The van der Waals surface area contributed by atoms with E-state index in [1.165, 1.54) is 18.7 Å². The molecule has 0 N–H and O–H groups in total. The molecule has 4 nitrogen and oxygen atoms in total. The number of carbonyl (C=O) groups excluding carboxylic acids is 2. The van der Waals surface area contributed by atoms with Crippen molar-refractivity contribution in [3.63, 3.8) is 0 Å². The summed E-state index contributed by atoms with van der Waals surface area (Å²) in [4.78, 5) is 24.7. The van der Waals surface area contributed by atoms with Crippen molar-refractivity contribution < 1.29 is 9.59 Å². The number of hydrogen-bond donors (Lipinski definition) is 0. The first-order chi connectivity index (χ1) is 9.51. The van der Waals surface area contributed by atoms with Crippen molar-refractivity contribution >= 4 is 40.1 Å². The molecule has 1 aromatic carbocycles. The van der Waals surface area contributed by atoms with Crippen molar-refractivity contribution in [2.24, 2.45) is 5.92 Å². The molecule has 0 aromatic heterocycles. The van der Waals surface area contributed by atoms with Crippen LogP contribution in [0.15, 0.2) is 18.2 Å². The third-order valence-corrected chi connectivity index (χ3v) is 4.48. The molecule has 2 rings (SSSR count). The molecule has 104 valence electrons. The van der Waals surface area contributed by atoms with E-state index in [1.54, 1.807) is 23.1 Å². The second-order valence-corrected chi connectivity index (χ2v) is 6.26. The molecule has 20 heavy (non-hydrogen) atoms. The van der Waals surface area contributed by atoms with Gasteiger partial charge < -0.3 is 4.90 Å². The molecule has 0 radical (unpaired) electrons. The molecule has 1 saturated heterocycles. The number of rotatable bonds is 3. The monoisotopic (exact) mass is 308 g/mol. The fraction of sp³-hybridized carbons (Fsp3) is 0.357. The SMILES string of the molecule is CC(=O)SCC1CC(=O)N(c2ccc(Cl)c(C#N)c2)C1. The fourth-order valence-electron chi connectivity index (χ4n) is 2.14. The molecule has 0 aliphatic carbocycles. The van der Waals surface area contributed by atoms with Crippen molar-refractivity contribution in [2.45, 2.75) is 13.3 Å². The maximum Gasteiger partial charge on any atom is 0.227 e. The molecule has 0 saturated carbocycles. The average Bonchev–Trinajstić information content (AvgIpc) is 2.78. The summed E-state index contributed by atoms with van der Waals surface area (Å²) in [7, 11) is 0. The maximum atomic E-state index is 12.0. The van der Waals surface area contributed by atoms with E-state index in [4.69, 9.17) is 16.9 Å². The minimum atomic E-state index is 0.0189. The van der Waals surface area contributed by atoms with Gasteiger partial charge in [0.25, 0.3) is 0 Å². The van der Waals surface area contributed by atoms with Crippen LogP contribution in [0.4, 0.5) is 5.69 Å². The van der Waals surface area contributed by atoms with E-state index in [2.05, 4.69) is 0 Å². The summed E-state index contributed by atoms with van der Waals surface area (Å²) in [5, 5.41) is 9.42. The van der Waals surface area contributed by atoms with Gasteiger partial charge in [0.05, 0.1) is 10.6 Å². The second kappa shape index (κ2) is 6.29. The van der Waals surface area contributed by atoms with Crippen LogP contribution in [0, 0.1) is 17.2 Å². The molecule has 1 heterocycles. The number of anilines is 1. The van der Waals surface area contributed by atoms with Gasteiger partial charge in [-0.3, -0.25) is 9.59 Å². The van der Waals surface area contributed by atoms with Crippen LogP contribution in [0.2, 0.25) is 5.02 Å². The predicted molar refractivity (Wildman–Crippen MR) is 79.8 cm³/mol. The second-order valence-electron chi connectivity index (χ2n) is 4.65. The molecule has 1 aliphatic heterocycles. The van der Waals surface area contributed by atoms with E-state index in [9.17, 15) is 9.59 Å². The molecule has 1 fully saturated rings. The van der Waals surface area contributed by atoms with Crippen LogP contribution in [0.1, 0.15) is 18.9 Å². The molecule has 1 aliphatic rings. The Bertz CT molecular complexity index is 597. The summed E-state index contributed by atoms with van der Waals surface area (Å²) in [5.41, 5.74) is 1.05. The molecular formula is C14H13ClN2O2S. The lowest BCUT2D eigenvalue weighted by Gasteiger charge is -2.17. The first-order valence-electron chi connectivity index (χ1n) is 6.14. The quantitative estimate of drug-likeness (QED) is 0.861. The summed E-state index contributed by atoms with van der Waals surface area (Å²) >= 11 is 7.13. The molecule has 1 aromatic rings. The van der Waals surface area contributed by atoms with Crippen molar-refractivity contribution in [3.05, 3.63) is 28.8 Å². The van der Waals surface area contributed by atoms with E-state index < -0.39 is 0 Å². The Morgan fingerprint density at radius 2 is 2.35 bits per heavy atom. The summed E-state index contributed by atoms with van der Waals surface area (Å²) in [6, 6.07) is 7.00. The smallest absolute Gasteiger partial charge is 0.227 e. The van der Waals surface area contributed by atoms with Gasteiger partial charge >= 0.3 is 0 Å². The Kier molecular flexibility index (Phi) is 4.69. The maximum absolute atomic E-state index is 12.0. The van der Waals surface area contributed by atoms with Crippen molar-refractivity contribution in [1.82, 2.24) is 0 Å². The number of amides is 1. The summed E-state index contributed by atoms with van der Waals surface area (Å²) in [6.45, 7) is 2.10. The van der Waals surface area contributed by atoms with E-state index in [-0.39, 0.29) is 16.9 Å². The Morgan fingerprint density at radius 3 is 3.00 bits per heavy atom. The third-order valence-electron chi connectivity index (χ3n) is 3.11. The van der Waals surface area contributed by atoms with Crippen molar-refractivity contribution in [3.8, 4) is 6.07 Å². The van der Waals surface area contributed by atoms with E-state index in [1.807, 2.05) is 6.07 Å². The minimum Gasteiger partial charge on any atom is -0.312 e. The van der Waals surface area contributed by atoms with E-state index in [0.717, 1.165) is 0 Å². The van der Waals surface area contributed by atoms with Gasteiger partial charge in [-0.2, -0.15) is 5.26 Å². The normalized spacial score (nSPS) is 18.1. The lowest BCUT2D eigenvalue weighted by Crippen LogP contribution is -2.24. The van der Waals surface area contributed by atoms with Crippen LogP contribution in [-0.4, -0.2) is 23.3 Å². The lowest BCUT2D eigenvalue weighted by molar-refractivity contribution is -0.117. The van der Waals surface area contributed by atoms with E-state index >= 15 is 0 Å². The standard InChI is InChI=1S/C14H13ClN2O2S/c1-9(18)20-8-10-4-14(19)17(7-10)12-2-3-13(15)11(5-12)6-16/h2-3,5,10H,4,7-8H2,1H3. The molecule has 6 heteroatoms. The number of thioether (sulfide) groups is 1. The highest BCUT2D eigenvalue weighted by Gasteiger charge is 2.31. The van der Waals surface area contributed by atoms with Crippen LogP contribution in [0.3, 0.4) is 0 Å². The molecule has 1 amide bonds. The molecule has 0 spiro atoms. The van der Waals surface area contributed by atoms with Crippen LogP contribution >= 0.6 is 23.4 Å². The minimum absolute atomic E-state index is 0.0189. The van der Waals surface area contributed by atoms with Crippen LogP contribution < -0.4 is 4.90 Å². The van der Waals surface area contributed by atoms with Gasteiger partial charge in [0.2, 0.25) is 5.91 Å². The highest BCUT2D eigenvalue weighted by molar-refractivity contribution is 8.13. The Labute approximate surface area is 126 Å². The molecule has 1 atom stereocenters. The average molecular weight is 309 g/mol. The highest BCUT2D eigenvalue weighted by atomic mass is 35.5. The Morgan fingerprint density at radius 1 is 1.60 bits per heavy atom. The van der Waals surface area contributed by atoms with Crippen LogP contribution in [0.5, 0.6) is 0 Å². The number of halogens is 1. The van der Waals surface area contributed by atoms with Gasteiger partial charge in [0.1, 0.15) is 6.07 Å². The zero-order valence-corrected chi connectivity index (χ0v) is 12.5. The predicted octanol–water partition coefficient (Wildman–Crippen LogP) is 2.84. The molecule has 1 unspecified atom stereocenters. The van der Waals surface area contributed by atoms with Gasteiger partial charge in [-0.25, -0.2) is 0 Å². The summed E-state index contributed by atoms with van der Waals surface area (Å²) in [6.07, 6.45) is 0.435. The zero-order valence-electron chi connectivity index (χ0n) is 10.9. The number of benzene rings is 1. The first kappa shape index (κ1) is 14.9. The summed E-state index contributed by atoms with van der Waals surface area (Å²) < 4.78 is 0. The Hall–Kier alpha value is -1.51. The lowest BCUT2D eigenvalue weighted by atomic mass is 10.1. The van der Waals surface area contributed by atoms with Gasteiger partial charge in [0.15, 0.2) is 5.12 Å². The first-order valence-corrected chi connectivity index (χ1v) is 7.51. The Balaban J connectivity index is 2.12. The van der Waals surface area contributed by atoms with Crippen LogP contribution in [-0.2, 0) is 9.59 Å². The third kappa shape index (κ3) is 3.33. The van der Waals surface area contributed by atoms with Crippen molar-refractivity contribution in [2.75, 3.05) is 17.2 Å². The van der Waals surface area contributed by atoms with E-state index in [0.29, 0.717) is 35.0 Å². The molecular weight excluding hydrogens is 296 g/mol. The zero-order chi connectivity index (χ0) is 14.7. The number of carbonyl (C=O) groups is 2. The van der Waals surface area contributed by atoms with Gasteiger partial charge in [-0.15, -0.1) is 0 Å². The highest BCUT2D eigenvalue weighted by Crippen LogP contribution is 2.29. The fourth-order valence-corrected chi connectivity index (χ4v) is 3.00. The number of nitrogens with zero attached hydrogens (tertiary/aromatic N) is 2. The summed E-state index contributed by atoms with van der Waals surface area (Å²) in [5.74, 6) is 0.832. The largest absolute Gasteiger partial charge is 0.312 e. The number of hydrogen-bond acceptors (Lipinski definition) is 4. The number of nitriles is 1. The topological polar surface area (TPSA) is 61.2 Å². The van der Waals surface area contributed by atoms with Crippen LogP contribution in [0.25, 0.3) is 0 Å². The van der Waals surface area contributed by atoms with Gasteiger partial charge in [-0.05, 0) is 24.1 Å². The van der Waals surface area contributed by atoms with Crippen molar-refractivity contribution in [1.29, 1.82) is 5.26 Å². The van der Waals surface area contributed by atoms with Gasteiger partial charge in [0, 0.05) is 31.3 Å².